The van der Waals surface area contributed by atoms with E-state index in [1.165, 1.54) is 18.9 Å². The number of carbonyl (C=O) groups is 5. The Hall–Kier alpha value is -5.06. The molecule has 2 aromatic heterocycles. The molecule has 1 spiro atoms. The van der Waals surface area contributed by atoms with Crippen LogP contribution in [0.15, 0.2) is 48.5 Å². The lowest BCUT2D eigenvalue weighted by molar-refractivity contribution is -0.141. The highest BCUT2D eigenvalue weighted by Gasteiger charge is 2.53. The third-order valence-electron chi connectivity index (χ3n) is 13.4. The Labute approximate surface area is 354 Å². The first kappa shape index (κ1) is 41.3. The molecule has 61 heavy (non-hydrogen) atoms. The van der Waals surface area contributed by atoms with Crippen LogP contribution in [0.2, 0.25) is 0 Å². The van der Waals surface area contributed by atoms with E-state index in [4.69, 9.17) is 4.98 Å². The smallest absolute Gasteiger partial charge is 0.386 e. The average molecular weight is 857 g/mol. The van der Waals surface area contributed by atoms with Crippen LogP contribution < -0.4 is 10.6 Å². The number of amides is 3. The Kier molecular flexibility index (Phi) is 10.4. The molecule has 1 unspecified atom stereocenters. The topological polar surface area (TPSA) is 162 Å². The molecule has 320 valence electrons. The van der Waals surface area contributed by atoms with E-state index in [1.54, 1.807) is 55.5 Å². The molecule has 4 heterocycles. The molecule has 3 amide bonds. The van der Waals surface area contributed by atoms with Gasteiger partial charge in [-0.3, -0.25) is 33.8 Å². The third kappa shape index (κ3) is 7.86. The average Bonchev–Trinajstić information content (AvgIpc) is 3.71. The van der Waals surface area contributed by atoms with Crippen molar-refractivity contribution in [1.82, 2.24) is 19.8 Å². The summed E-state index contributed by atoms with van der Waals surface area (Å²) in [6.45, 7) is 6.03. The fourth-order valence-electron chi connectivity index (χ4n) is 10.3. The van der Waals surface area contributed by atoms with Gasteiger partial charge in [0.05, 0.1) is 44.4 Å². The number of Topliss-reactive ketones (excluding diaryl/α,β-unsaturated/α-hetero) is 2. The van der Waals surface area contributed by atoms with Crippen molar-refractivity contribution in [3.05, 3.63) is 81.6 Å². The molecule has 1 atom stereocenters. The van der Waals surface area contributed by atoms with Gasteiger partial charge >= 0.3 is 6.18 Å². The fourth-order valence-corrected chi connectivity index (χ4v) is 11.5. The number of likely N-dealkylation sites (tertiary alicyclic amines) is 1. The van der Waals surface area contributed by atoms with Gasteiger partial charge in [0.15, 0.2) is 5.78 Å². The van der Waals surface area contributed by atoms with Crippen molar-refractivity contribution in [3.63, 3.8) is 0 Å². The van der Waals surface area contributed by atoms with Gasteiger partial charge in [0.2, 0.25) is 0 Å². The zero-order valence-corrected chi connectivity index (χ0v) is 34.8. The normalized spacial score (nSPS) is 23.3. The number of anilines is 2. The molecule has 9 rings (SSSR count). The number of imide groups is 1. The van der Waals surface area contributed by atoms with Crippen LogP contribution in [0, 0.1) is 11.3 Å². The SMILES string of the molecule is CC(C)(O)c1cc2nc(C3CCC(N4CC5(CC(CCNc6cccc7c6C(=O)N(C6CCC(=O)CC6=O)C7=O)C5)C4)CC3)sc2cc1NC(=O)c1cccc(C(F)(F)F)n1. The molecule has 3 saturated carbocycles. The predicted molar refractivity (Wildman–Crippen MR) is 221 cm³/mol. The number of aliphatic hydroxyl groups is 1. The zero-order valence-electron chi connectivity index (χ0n) is 33.9. The molecule has 4 fully saturated rings. The molecule has 5 aliphatic rings. The highest BCUT2D eigenvalue weighted by atomic mass is 32.1. The Morgan fingerprint density at radius 1 is 0.934 bits per heavy atom. The lowest BCUT2D eigenvalue weighted by Gasteiger charge is -2.62. The minimum atomic E-state index is -4.69. The van der Waals surface area contributed by atoms with Gasteiger partial charge in [-0.15, -0.1) is 11.3 Å². The van der Waals surface area contributed by atoms with Gasteiger partial charge in [-0.2, -0.15) is 13.2 Å². The second-order valence-electron chi connectivity index (χ2n) is 18.2. The Morgan fingerprint density at radius 2 is 1.67 bits per heavy atom. The van der Waals surface area contributed by atoms with Crippen molar-refractivity contribution in [2.45, 2.75) is 108 Å². The number of nitrogens with zero attached hydrogens (tertiary/aromatic N) is 4. The maximum atomic E-state index is 13.5. The van der Waals surface area contributed by atoms with Crippen LogP contribution in [0.25, 0.3) is 10.2 Å². The van der Waals surface area contributed by atoms with Crippen molar-refractivity contribution in [2.75, 3.05) is 30.3 Å². The number of carbonyl (C=O) groups excluding carboxylic acids is 5. The highest BCUT2D eigenvalue weighted by molar-refractivity contribution is 7.18. The second-order valence-corrected chi connectivity index (χ2v) is 19.2. The number of halogens is 3. The van der Waals surface area contributed by atoms with Crippen molar-refractivity contribution < 1.29 is 42.3 Å². The van der Waals surface area contributed by atoms with Gasteiger partial charge in [-0.05, 0) is 113 Å². The first-order chi connectivity index (χ1) is 29.0. The van der Waals surface area contributed by atoms with Crippen LogP contribution in [0.4, 0.5) is 24.5 Å². The Balaban J connectivity index is 0.755. The molecular formula is C45H47F3N6O6S. The summed E-state index contributed by atoms with van der Waals surface area (Å²) < 4.78 is 40.6. The van der Waals surface area contributed by atoms with E-state index < -0.39 is 41.2 Å². The number of hydrogen-bond acceptors (Lipinski definition) is 11. The van der Waals surface area contributed by atoms with E-state index >= 15 is 0 Å². The van der Waals surface area contributed by atoms with E-state index in [1.807, 2.05) is 0 Å². The summed E-state index contributed by atoms with van der Waals surface area (Å²) in [5.74, 6) is -1.43. The van der Waals surface area contributed by atoms with Gasteiger partial charge in [0, 0.05) is 55.0 Å². The Morgan fingerprint density at radius 3 is 2.38 bits per heavy atom. The van der Waals surface area contributed by atoms with Gasteiger partial charge in [0.25, 0.3) is 17.7 Å². The quantitative estimate of drug-likeness (QED) is 0.106. The fraction of sp³-hybridized carbons (Fsp3) is 0.489. The molecule has 0 bridgehead atoms. The van der Waals surface area contributed by atoms with Crippen molar-refractivity contribution in [3.8, 4) is 0 Å². The predicted octanol–water partition coefficient (Wildman–Crippen LogP) is 7.72. The van der Waals surface area contributed by atoms with Crippen LogP contribution in [-0.4, -0.2) is 85.9 Å². The molecule has 12 nitrogen and oxygen atoms in total. The van der Waals surface area contributed by atoms with Gasteiger partial charge in [-0.25, -0.2) is 9.97 Å². The largest absolute Gasteiger partial charge is 0.433 e. The number of thiazole rings is 1. The number of rotatable bonds is 10. The molecule has 3 aliphatic carbocycles. The summed E-state index contributed by atoms with van der Waals surface area (Å²) in [4.78, 5) is 76.3. The number of ketones is 2. The zero-order chi connectivity index (χ0) is 43.0. The highest BCUT2D eigenvalue weighted by Crippen LogP contribution is 2.55. The van der Waals surface area contributed by atoms with Crippen LogP contribution in [0.5, 0.6) is 0 Å². The number of nitrogens with one attached hydrogen (secondary N) is 2. The lowest BCUT2D eigenvalue weighted by atomic mass is 9.56. The summed E-state index contributed by atoms with van der Waals surface area (Å²) >= 11 is 1.54. The van der Waals surface area contributed by atoms with Gasteiger partial charge in [-0.1, -0.05) is 12.1 Å². The van der Waals surface area contributed by atoms with E-state index in [9.17, 15) is 42.3 Å². The van der Waals surface area contributed by atoms with Crippen LogP contribution >= 0.6 is 11.3 Å². The number of aromatic nitrogens is 2. The minimum Gasteiger partial charge on any atom is -0.386 e. The molecule has 2 aromatic carbocycles. The van der Waals surface area contributed by atoms with E-state index in [0.29, 0.717) is 57.5 Å². The molecule has 2 aliphatic heterocycles. The Bertz CT molecular complexity index is 2460. The summed E-state index contributed by atoms with van der Waals surface area (Å²) in [5, 5.41) is 18.1. The molecule has 0 radical (unpaired) electrons. The summed E-state index contributed by atoms with van der Waals surface area (Å²) in [6, 6.07) is 11.5. The number of pyridine rings is 1. The molecule has 1 saturated heterocycles. The molecule has 4 aromatic rings. The van der Waals surface area contributed by atoms with Crippen molar-refractivity contribution in [2.24, 2.45) is 11.3 Å². The van der Waals surface area contributed by atoms with Crippen LogP contribution in [0.3, 0.4) is 0 Å². The van der Waals surface area contributed by atoms with Gasteiger partial charge < -0.3 is 15.7 Å². The summed E-state index contributed by atoms with van der Waals surface area (Å²) in [7, 11) is 0. The number of fused-ring (bicyclic) bond motifs is 2. The molecular weight excluding hydrogens is 810 g/mol. The van der Waals surface area contributed by atoms with Crippen molar-refractivity contribution in [1.29, 1.82) is 0 Å². The second kappa shape index (κ2) is 15.4. The number of benzene rings is 2. The first-order valence-corrected chi connectivity index (χ1v) is 21.8. The monoisotopic (exact) mass is 856 g/mol. The maximum Gasteiger partial charge on any atom is 0.433 e. The van der Waals surface area contributed by atoms with Crippen molar-refractivity contribution >= 4 is 62.2 Å². The number of alkyl halides is 3. The van der Waals surface area contributed by atoms with Crippen LogP contribution in [-0.2, 0) is 21.4 Å². The molecule has 3 N–H and O–H groups in total. The van der Waals surface area contributed by atoms with E-state index in [2.05, 4.69) is 20.5 Å². The van der Waals surface area contributed by atoms with Gasteiger partial charge in [0.1, 0.15) is 17.2 Å². The summed E-state index contributed by atoms with van der Waals surface area (Å²) in [6.07, 6.45) is 2.84. The molecule has 16 heteroatoms. The minimum absolute atomic E-state index is 0.158. The summed E-state index contributed by atoms with van der Waals surface area (Å²) in [5.41, 5.74) is 0.0447. The lowest BCUT2D eigenvalue weighted by Crippen LogP contribution is -2.65. The third-order valence-corrected chi connectivity index (χ3v) is 14.6. The van der Waals surface area contributed by atoms with Crippen LogP contribution in [0.1, 0.15) is 131 Å². The number of hydrogen-bond donors (Lipinski definition) is 3. The van der Waals surface area contributed by atoms with E-state index in [-0.39, 0.29) is 42.4 Å². The standard InChI is InChI=1S/C45H47F3N6O6S/c1-43(2,60)29-18-33-36(19-32(29)51-39(57)31-7-4-8-37(50-31)45(46,47)48)61-40(52-33)25-9-11-26(12-10-25)53-22-44(23-53)20-24(21-44)15-16-49-30-6-3-5-28-38(30)42(59)54(41(28)58)34-14-13-27(55)17-35(34)56/h3-8,18-19,24-26,34,49,60H,9-17,20-23H2,1-2H3,(H,51,57). The first-order valence-electron chi connectivity index (χ1n) is 21.0. The van der Waals surface area contributed by atoms with E-state index in [0.717, 1.165) is 71.9 Å². The maximum absolute atomic E-state index is 13.5.